The molecule has 0 radical (unpaired) electrons. The van der Waals surface area contributed by atoms with Crippen molar-refractivity contribution in [1.29, 1.82) is 0 Å². The number of rotatable bonds is 4. The highest BCUT2D eigenvalue weighted by Gasteiger charge is 2.26. The van der Waals surface area contributed by atoms with E-state index >= 15 is 0 Å². The number of nitrogens with zero attached hydrogens (tertiary/aromatic N) is 3. The Morgan fingerprint density at radius 1 is 1.32 bits per heavy atom. The van der Waals surface area contributed by atoms with Gasteiger partial charge in [-0.15, -0.1) is 0 Å². The van der Waals surface area contributed by atoms with E-state index in [0.29, 0.717) is 22.6 Å². The third kappa shape index (κ3) is 3.40. The number of aromatic nitrogens is 2. The maximum Gasteiger partial charge on any atom is 0.186 e. The number of nitrogens with one attached hydrogen (secondary N) is 1. The lowest BCUT2D eigenvalue weighted by atomic mass is 10.2. The standard InChI is InChI=1S/C17H16F2N4OS/c18-13-6-15-16(7-14(13)19)25-17(22-15)23-5-4-21-8-11(23)10-24-12-2-1-3-20-9-12/h1-3,6-7,9,11,21H,4-5,8,10H2/t11-/m1/s1. The highest BCUT2D eigenvalue weighted by Crippen LogP contribution is 2.31. The Morgan fingerprint density at radius 3 is 3.04 bits per heavy atom. The van der Waals surface area contributed by atoms with Crippen LogP contribution in [0.3, 0.4) is 0 Å². The second-order valence-corrected chi connectivity index (χ2v) is 6.79. The van der Waals surface area contributed by atoms with Gasteiger partial charge in [0.05, 0.1) is 22.5 Å². The van der Waals surface area contributed by atoms with Gasteiger partial charge in [-0.25, -0.2) is 13.8 Å². The van der Waals surface area contributed by atoms with E-state index in [4.69, 9.17) is 4.74 Å². The van der Waals surface area contributed by atoms with Gasteiger partial charge < -0.3 is 15.0 Å². The van der Waals surface area contributed by atoms with Crippen molar-refractivity contribution >= 4 is 26.7 Å². The Kier molecular flexibility index (Phi) is 4.46. The predicted octanol–water partition coefficient (Wildman–Crippen LogP) is 2.83. The molecule has 1 atom stereocenters. The minimum Gasteiger partial charge on any atom is -0.490 e. The Labute approximate surface area is 147 Å². The monoisotopic (exact) mass is 362 g/mol. The topological polar surface area (TPSA) is 50.3 Å². The number of hydrogen-bond donors (Lipinski definition) is 1. The van der Waals surface area contributed by atoms with E-state index in [1.807, 2.05) is 12.1 Å². The summed E-state index contributed by atoms with van der Waals surface area (Å²) in [5, 5.41) is 4.09. The number of pyridine rings is 1. The Morgan fingerprint density at radius 2 is 2.20 bits per heavy atom. The van der Waals surface area contributed by atoms with Gasteiger partial charge in [-0.1, -0.05) is 11.3 Å². The van der Waals surface area contributed by atoms with Crippen molar-refractivity contribution < 1.29 is 13.5 Å². The molecule has 0 unspecified atom stereocenters. The number of thiazole rings is 1. The molecule has 1 fully saturated rings. The van der Waals surface area contributed by atoms with Gasteiger partial charge in [-0.3, -0.25) is 4.98 Å². The molecule has 4 rings (SSSR count). The van der Waals surface area contributed by atoms with Gasteiger partial charge in [0.1, 0.15) is 12.4 Å². The molecule has 1 N–H and O–H groups in total. The van der Waals surface area contributed by atoms with Crippen LogP contribution in [0.2, 0.25) is 0 Å². The molecule has 5 nitrogen and oxygen atoms in total. The fourth-order valence-corrected chi connectivity index (χ4v) is 3.89. The van der Waals surface area contributed by atoms with Gasteiger partial charge in [-0.05, 0) is 18.2 Å². The first-order valence-corrected chi connectivity index (χ1v) is 8.78. The molecule has 3 aromatic rings. The summed E-state index contributed by atoms with van der Waals surface area (Å²) in [6.45, 7) is 2.80. The van der Waals surface area contributed by atoms with Crippen LogP contribution < -0.4 is 15.0 Å². The minimum atomic E-state index is -0.874. The van der Waals surface area contributed by atoms with Crippen LogP contribution in [0.1, 0.15) is 0 Å². The van der Waals surface area contributed by atoms with Crippen molar-refractivity contribution in [3.63, 3.8) is 0 Å². The zero-order valence-corrected chi connectivity index (χ0v) is 14.1. The van der Waals surface area contributed by atoms with Crippen LogP contribution in [0.15, 0.2) is 36.7 Å². The molecular formula is C17H16F2N4OS. The number of anilines is 1. The summed E-state index contributed by atoms with van der Waals surface area (Å²) >= 11 is 1.36. The first-order chi connectivity index (χ1) is 12.2. The lowest BCUT2D eigenvalue weighted by Crippen LogP contribution is -2.54. The summed E-state index contributed by atoms with van der Waals surface area (Å²) in [7, 11) is 0. The second kappa shape index (κ2) is 6.89. The number of halogens is 2. The van der Waals surface area contributed by atoms with Crippen LogP contribution in [0.4, 0.5) is 13.9 Å². The Hall–Kier alpha value is -2.32. The van der Waals surface area contributed by atoms with Crippen molar-refractivity contribution in [2.75, 3.05) is 31.1 Å². The zero-order valence-electron chi connectivity index (χ0n) is 13.3. The molecule has 1 saturated heterocycles. The van der Waals surface area contributed by atoms with Crippen LogP contribution >= 0.6 is 11.3 Å². The molecule has 3 heterocycles. The maximum absolute atomic E-state index is 13.4. The predicted molar refractivity (Wildman–Crippen MR) is 93.3 cm³/mol. The fraction of sp³-hybridized carbons (Fsp3) is 0.294. The highest BCUT2D eigenvalue weighted by molar-refractivity contribution is 7.22. The van der Waals surface area contributed by atoms with E-state index in [0.717, 1.165) is 30.8 Å². The molecule has 1 aliphatic rings. The molecule has 0 aliphatic carbocycles. The van der Waals surface area contributed by atoms with Crippen molar-refractivity contribution in [2.24, 2.45) is 0 Å². The highest BCUT2D eigenvalue weighted by atomic mass is 32.1. The van der Waals surface area contributed by atoms with Crippen molar-refractivity contribution in [3.05, 3.63) is 48.3 Å². The molecule has 1 aliphatic heterocycles. The van der Waals surface area contributed by atoms with Crippen LogP contribution in [-0.2, 0) is 0 Å². The maximum atomic E-state index is 13.4. The summed E-state index contributed by atoms with van der Waals surface area (Å²) in [5.74, 6) is -1.01. The van der Waals surface area contributed by atoms with E-state index < -0.39 is 11.6 Å². The molecule has 8 heteroatoms. The quantitative estimate of drug-likeness (QED) is 0.773. The van der Waals surface area contributed by atoms with Crippen LogP contribution in [0, 0.1) is 11.6 Å². The average Bonchev–Trinajstić information content (AvgIpc) is 3.04. The lowest BCUT2D eigenvalue weighted by molar-refractivity contribution is 0.266. The largest absolute Gasteiger partial charge is 0.490 e. The zero-order chi connectivity index (χ0) is 17.2. The third-order valence-corrected chi connectivity index (χ3v) is 5.15. The molecule has 0 bridgehead atoms. The number of hydrogen-bond acceptors (Lipinski definition) is 6. The van der Waals surface area contributed by atoms with Gasteiger partial charge in [-0.2, -0.15) is 0 Å². The minimum absolute atomic E-state index is 0.0733. The number of piperazine rings is 1. The van der Waals surface area contributed by atoms with Crippen molar-refractivity contribution in [1.82, 2.24) is 15.3 Å². The average molecular weight is 362 g/mol. The SMILES string of the molecule is Fc1cc2nc(N3CCNC[C@@H]3COc3cccnc3)sc2cc1F. The summed E-state index contributed by atoms with van der Waals surface area (Å²) in [6.07, 6.45) is 3.37. The van der Waals surface area contributed by atoms with E-state index in [1.165, 1.54) is 17.4 Å². The van der Waals surface area contributed by atoms with E-state index in [2.05, 4.69) is 20.2 Å². The summed E-state index contributed by atoms with van der Waals surface area (Å²) in [5.41, 5.74) is 0.476. The van der Waals surface area contributed by atoms with Gasteiger partial charge in [0.25, 0.3) is 0 Å². The molecule has 1 aromatic carbocycles. The molecule has 25 heavy (non-hydrogen) atoms. The van der Waals surface area contributed by atoms with Gasteiger partial charge in [0.15, 0.2) is 16.8 Å². The number of benzene rings is 1. The Bertz CT molecular complexity index is 835. The smallest absolute Gasteiger partial charge is 0.186 e. The molecule has 2 aromatic heterocycles. The first-order valence-electron chi connectivity index (χ1n) is 7.96. The van der Waals surface area contributed by atoms with Crippen LogP contribution in [0.25, 0.3) is 10.2 Å². The van der Waals surface area contributed by atoms with Crippen LogP contribution in [-0.4, -0.2) is 42.3 Å². The van der Waals surface area contributed by atoms with Gasteiger partial charge in [0, 0.05) is 31.9 Å². The van der Waals surface area contributed by atoms with E-state index in [9.17, 15) is 8.78 Å². The molecule has 0 saturated carbocycles. The summed E-state index contributed by atoms with van der Waals surface area (Å²) in [6, 6.07) is 6.10. The molecule has 0 amide bonds. The third-order valence-electron chi connectivity index (χ3n) is 4.09. The van der Waals surface area contributed by atoms with Crippen molar-refractivity contribution in [3.8, 4) is 5.75 Å². The number of ether oxygens (including phenoxy) is 1. The fourth-order valence-electron chi connectivity index (χ4n) is 2.82. The van der Waals surface area contributed by atoms with Gasteiger partial charge in [0.2, 0.25) is 0 Å². The van der Waals surface area contributed by atoms with Gasteiger partial charge >= 0.3 is 0 Å². The number of fused-ring (bicyclic) bond motifs is 1. The lowest BCUT2D eigenvalue weighted by Gasteiger charge is -2.35. The molecule has 130 valence electrons. The van der Waals surface area contributed by atoms with E-state index in [-0.39, 0.29) is 6.04 Å². The van der Waals surface area contributed by atoms with Crippen LogP contribution in [0.5, 0.6) is 5.75 Å². The van der Waals surface area contributed by atoms with Crippen molar-refractivity contribution in [2.45, 2.75) is 6.04 Å². The summed E-state index contributed by atoms with van der Waals surface area (Å²) < 4.78 is 33.3. The Balaban J connectivity index is 1.56. The van der Waals surface area contributed by atoms with E-state index in [1.54, 1.807) is 12.4 Å². The first kappa shape index (κ1) is 16.2. The summed E-state index contributed by atoms with van der Waals surface area (Å²) in [4.78, 5) is 10.7. The second-order valence-electron chi connectivity index (χ2n) is 5.78. The molecule has 0 spiro atoms. The molecular weight excluding hydrogens is 346 g/mol. The normalized spacial score (nSPS) is 17.8.